The van der Waals surface area contributed by atoms with E-state index in [2.05, 4.69) is 0 Å². The molecule has 3 aromatic rings. The molecule has 1 aromatic heterocycles. The molecular weight excluding hydrogens is 228 g/mol. The smallest absolute Gasteiger partial charge is 0.408 e. The monoisotopic (exact) mass is 240 g/mol. The van der Waals surface area contributed by atoms with Crippen molar-refractivity contribution in [2.75, 3.05) is 5.73 Å². The van der Waals surface area contributed by atoms with Crippen molar-refractivity contribution < 1.29 is 4.42 Å². The number of nitrogen functional groups attached to an aromatic ring is 1. The average Bonchev–Trinajstić information content (AvgIpc) is 2.65. The van der Waals surface area contributed by atoms with E-state index in [0.717, 1.165) is 16.6 Å². The van der Waals surface area contributed by atoms with Gasteiger partial charge < -0.3 is 10.2 Å². The number of fused-ring (bicyclic) bond motifs is 1. The molecule has 0 atom stereocenters. The maximum atomic E-state index is 11.4. The van der Waals surface area contributed by atoms with E-state index in [0.29, 0.717) is 11.3 Å². The van der Waals surface area contributed by atoms with Crippen LogP contribution in [-0.4, -0.2) is 4.57 Å². The Balaban J connectivity index is 2.25. The summed E-state index contributed by atoms with van der Waals surface area (Å²) in [5.41, 5.74) is 9.88. The van der Waals surface area contributed by atoms with E-state index < -0.39 is 0 Å². The molecule has 0 amide bonds. The Bertz CT molecular complexity index is 784. The van der Waals surface area contributed by atoms with E-state index in [-0.39, 0.29) is 5.76 Å². The summed E-state index contributed by atoms with van der Waals surface area (Å²) < 4.78 is 6.59. The lowest BCUT2D eigenvalue weighted by Gasteiger charge is -2.03. The van der Waals surface area contributed by atoms with Gasteiger partial charge in [-0.3, -0.25) is 4.57 Å². The van der Waals surface area contributed by atoms with Gasteiger partial charge in [0, 0.05) is 12.7 Å². The van der Waals surface area contributed by atoms with Gasteiger partial charge in [-0.2, -0.15) is 0 Å². The normalized spacial score (nSPS) is 10.9. The molecule has 0 fully saturated rings. The SMILES string of the molecule is Cn1c(=O)oc2ccc(-c3cccc(N)c3)cc21. The number of aryl methyl sites for hydroxylation is 1. The molecular formula is C14H12N2O2. The third-order valence-corrected chi connectivity index (χ3v) is 3.01. The van der Waals surface area contributed by atoms with Crippen LogP contribution < -0.4 is 11.5 Å². The van der Waals surface area contributed by atoms with Crippen molar-refractivity contribution in [3.8, 4) is 11.1 Å². The minimum atomic E-state index is -0.352. The van der Waals surface area contributed by atoms with Gasteiger partial charge in [0.2, 0.25) is 0 Å². The van der Waals surface area contributed by atoms with Crippen LogP contribution in [0.5, 0.6) is 0 Å². The Morgan fingerprint density at radius 1 is 1.11 bits per heavy atom. The lowest BCUT2D eigenvalue weighted by Crippen LogP contribution is -2.08. The number of anilines is 1. The first-order valence-electron chi connectivity index (χ1n) is 5.60. The van der Waals surface area contributed by atoms with Gasteiger partial charge in [-0.25, -0.2) is 4.79 Å². The number of hydrogen-bond acceptors (Lipinski definition) is 3. The second-order valence-corrected chi connectivity index (χ2v) is 4.23. The predicted octanol–water partition coefficient (Wildman–Crippen LogP) is 2.38. The van der Waals surface area contributed by atoms with Crippen molar-refractivity contribution in [2.24, 2.45) is 7.05 Å². The molecule has 4 heteroatoms. The fourth-order valence-corrected chi connectivity index (χ4v) is 2.02. The van der Waals surface area contributed by atoms with Gasteiger partial charge in [-0.05, 0) is 35.4 Å². The first-order chi connectivity index (χ1) is 8.65. The summed E-state index contributed by atoms with van der Waals surface area (Å²) >= 11 is 0. The van der Waals surface area contributed by atoms with Crippen LogP contribution in [0.1, 0.15) is 0 Å². The van der Waals surface area contributed by atoms with Gasteiger partial charge in [0.1, 0.15) is 0 Å². The van der Waals surface area contributed by atoms with Crippen LogP contribution in [0.2, 0.25) is 0 Å². The van der Waals surface area contributed by atoms with Crippen LogP contribution >= 0.6 is 0 Å². The Hall–Kier alpha value is -2.49. The Labute approximate surface area is 103 Å². The zero-order chi connectivity index (χ0) is 12.7. The first-order valence-corrected chi connectivity index (χ1v) is 5.60. The summed E-state index contributed by atoms with van der Waals surface area (Å²) in [7, 11) is 1.69. The summed E-state index contributed by atoms with van der Waals surface area (Å²) in [6, 6.07) is 13.3. The Morgan fingerprint density at radius 2 is 1.89 bits per heavy atom. The number of aromatic nitrogens is 1. The minimum Gasteiger partial charge on any atom is -0.408 e. The highest BCUT2D eigenvalue weighted by molar-refractivity contribution is 5.81. The minimum absolute atomic E-state index is 0.352. The lowest BCUT2D eigenvalue weighted by molar-refractivity contribution is 0.528. The molecule has 18 heavy (non-hydrogen) atoms. The van der Waals surface area contributed by atoms with Crippen molar-refractivity contribution in [3.05, 3.63) is 53.0 Å². The molecule has 4 nitrogen and oxygen atoms in total. The van der Waals surface area contributed by atoms with Crippen molar-refractivity contribution in [2.45, 2.75) is 0 Å². The van der Waals surface area contributed by atoms with E-state index in [1.807, 2.05) is 36.4 Å². The van der Waals surface area contributed by atoms with Crippen molar-refractivity contribution in [3.63, 3.8) is 0 Å². The number of benzene rings is 2. The molecule has 0 aliphatic carbocycles. The second kappa shape index (κ2) is 3.77. The molecule has 90 valence electrons. The van der Waals surface area contributed by atoms with Crippen LogP contribution in [0.4, 0.5) is 5.69 Å². The van der Waals surface area contributed by atoms with Gasteiger partial charge in [0.25, 0.3) is 0 Å². The van der Waals surface area contributed by atoms with Gasteiger partial charge >= 0.3 is 5.76 Å². The molecule has 2 aromatic carbocycles. The maximum absolute atomic E-state index is 11.4. The quantitative estimate of drug-likeness (QED) is 0.664. The lowest BCUT2D eigenvalue weighted by atomic mass is 10.0. The van der Waals surface area contributed by atoms with Crippen molar-refractivity contribution in [1.82, 2.24) is 4.57 Å². The Morgan fingerprint density at radius 3 is 2.67 bits per heavy atom. The molecule has 3 rings (SSSR count). The van der Waals surface area contributed by atoms with Gasteiger partial charge in [0.15, 0.2) is 5.58 Å². The molecule has 0 saturated carbocycles. The summed E-state index contributed by atoms with van der Waals surface area (Å²) in [5, 5.41) is 0. The molecule has 0 saturated heterocycles. The van der Waals surface area contributed by atoms with Crippen LogP contribution in [0.25, 0.3) is 22.2 Å². The molecule has 0 bridgehead atoms. The fourth-order valence-electron chi connectivity index (χ4n) is 2.02. The number of hydrogen-bond donors (Lipinski definition) is 1. The molecule has 0 unspecified atom stereocenters. The number of nitrogens with zero attached hydrogens (tertiary/aromatic N) is 1. The van der Waals surface area contributed by atoms with Gasteiger partial charge in [-0.1, -0.05) is 18.2 Å². The van der Waals surface area contributed by atoms with Gasteiger partial charge in [-0.15, -0.1) is 0 Å². The number of oxazole rings is 1. The van der Waals surface area contributed by atoms with E-state index >= 15 is 0 Å². The summed E-state index contributed by atoms with van der Waals surface area (Å²) in [4.78, 5) is 11.4. The molecule has 1 heterocycles. The molecule has 0 radical (unpaired) electrons. The van der Waals surface area contributed by atoms with Crippen molar-refractivity contribution in [1.29, 1.82) is 0 Å². The summed E-state index contributed by atoms with van der Waals surface area (Å²) in [6.45, 7) is 0. The highest BCUT2D eigenvalue weighted by atomic mass is 16.4. The molecule has 0 aliphatic heterocycles. The van der Waals surface area contributed by atoms with E-state index in [1.54, 1.807) is 13.1 Å². The highest BCUT2D eigenvalue weighted by Gasteiger charge is 2.07. The average molecular weight is 240 g/mol. The molecule has 0 aliphatic rings. The zero-order valence-corrected chi connectivity index (χ0v) is 9.88. The summed E-state index contributed by atoms with van der Waals surface area (Å²) in [5.74, 6) is -0.352. The number of rotatable bonds is 1. The highest BCUT2D eigenvalue weighted by Crippen LogP contribution is 2.25. The first kappa shape index (κ1) is 10.7. The third-order valence-electron chi connectivity index (χ3n) is 3.01. The fraction of sp³-hybridized carbons (Fsp3) is 0.0714. The van der Waals surface area contributed by atoms with E-state index in [4.69, 9.17) is 10.2 Å². The standard InChI is InChI=1S/C14H12N2O2/c1-16-12-8-10(5-6-13(12)18-14(16)17)9-3-2-4-11(15)7-9/h2-8H,15H2,1H3. The largest absolute Gasteiger partial charge is 0.419 e. The number of nitrogens with two attached hydrogens (primary N) is 1. The van der Waals surface area contributed by atoms with E-state index in [1.165, 1.54) is 4.57 Å². The third kappa shape index (κ3) is 1.59. The van der Waals surface area contributed by atoms with Crippen LogP contribution in [0.15, 0.2) is 51.7 Å². The van der Waals surface area contributed by atoms with Gasteiger partial charge in [0.05, 0.1) is 5.52 Å². The maximum Gasteiger partial charge on any atom is 0.419 e. The van der Waals surface area contributed by atoms with E-state index in [9.17, 15) is 4.79 Å². The predicted molar refractivity (Wildman–Crippen MR) is 71.3 cm³/mol. The van der Waals surface area contributed by atoms with Crippen LogP contribution in [-0.2, 0) is 7.05 Å². The van der Waals surface area contributed by atoms with Crippen LogP contribution in [0, 0.1) is 0 Å². The van der Waals surface area contributed by atoms with Crippen LogP contribution in [0.3, 0.4) is 0 Å². The Kier molecular flexibility index (Phi) is 2.23. The van der Waals surface area contributed by atoms with Crippen molar-refractivity contribution >= 4 is 16.8 Å². The second-order valence-electron chi connectivity index (χ2n) is 4.23. The topological polar surface area (TPSA) is 61.2 Å². The molecule has 2 N–H and O–H groups in total. The zero-order valence-electron chi connectivity index (χ0n) is 9.88. The summed E-state index contributed by atoms with van der Waals surface area (Å²) in [6.07, 6.45) is 0. The molecule has 0 spiro atoms.